The second-order valence-corrected chi connectivity index (χ2v) is 15.2. The summed E-state index contributed by atoms with van der Waals surface area (Å²) in [5, 5.41) is 1.98. The summed E-state index contributed by atoms with van der Waals surface area (Å²) < 4.78 is 27.0. The summed E-state index contributed by atoms with van der Waals surface area (Å²) in [6, 6.07) is 67.2. The van der Waals surface area contributed by atoms with Crippen LogP contribution in [-0.4, -0.2) is 24.5 Å². The molecule has 0 saturated heterocycles. The predicted molar refractivity (Wildman–Crippen MR) is 258 cm³/mol. The second kappa shape index (κ2) is 17.8. The van der Waals surface area contributed by atoms with Crippen LogP contribution in [-0.2, 0) is 0 Å². The fourth-order valence-electron chi connectivity index (χ4n) is 7.84. The number of para-hydroxylation sites is 2. The quantitative estimate of drug-likeness (QED) is 0.112. The van der Waals surface area contributed by atoms with E-state index in [1.54, 1.807) is 12.4 Å². The maximum Gasteiger partial charge on any atom is 0.234 e. The molecule has 0 saturated carbocycles. The van der Waals surface area contributed by atoms with Crippen LogP contribution < -0.4 is 23.8 Å². The lowest BCUT2D eigenvalue weighted by Crippen LogP contribution is -2.09. The summed E-state index contributed by atoms with van der Waals surface area (Å²) in [4.78, 5) is 20.8. The highest BCUT2D eigenvalue weighted by Crippen LogP contribution is 2.39. The Balaban J connectivity index is 0.941. The van der Waals surface area contributed by atoms with Gasteiger partial charge in [0, 0.05) is 94.6 Å². The molecule has 0 N–H and O–H groups in total. The minimum atomic E-state index is 0.487. The van der Waals surface area contributed by atoms with Crippen LogP contribution in [0.25, 0.3) is 38.9 Å². The van der Waals surface area contributed by atoms with Gasteiger partial charge in [-0.3, -0.25) is 4.57 Å². The highest BCUT2D eigenvalue weighted by atomic mass is 16.5. The molecule has 10 heteroatoms. The van der Waals surface area contributed by atoms with Gasteiger partial charge in [0.05, 0.1) is 11.0 Å². The Kier molecular flexibility index (Phi) is 10.7. The van der Waals surface area contributed by atoms with E-state index in [9.17, 15) is 0 Å². The molecule has 11 rings (SSSR count). The standard InChI is InChI=1S/C56H38N6O4/c1-3-13-41(14-4-1)61(42-15-5-2-6-16-42)43-25-23-39(24-26-43)40-37-59-56(60-38-40)62-52-35-48(63-44-17-11-19-46(33-44)65-54-21-7-9-31-57-54)27-29-50(52)51-30-28-49(36-53(51)62)64-45-18-12-20-47(34-45)66-55-22-8-10-32-58-55/h1-38H. The van der Waals surface area contributed by atoms with Crippen molar-refractivity contribution >= 4 is 38.9 Å². The first-order valence-electron chi connectivity index (χ1n) is 21.3. The number of nitrogens with zero attached hydrogens (tertiary/aromatic N) is 6. The number of hydrogen-bond donors (Lipinski definition) is 0. The zero-order chi connectivity index (χ0) is 44.1. The van der Waals surface area contributed by atoms with Crippen LogP contribution in [0.3, 0.4) is 0 Å². The molecule has 4 heterocycles. The van der Waals surface area contributed by atoms with Crippen LogP contribution in [0.2, 0.25) is 0 Å². The van der Waals surface area contributed by atoms with E-state index in [4.69, 9.17) is 28.9 Å². The van der Waals surface area contributed by atoms with E-state index in [2.05, 4.69) is 99.8 Å². The van der Waals surface area contributed by atoms with Gasteiger partial charge in [0.25, 0.3) is 0 Å². The molecule has 0 radical (unpaired) electrons. The molecular formula is C56H38N6O4. The number of benzene rings is 7. The molecule has 0 amide bonds. The van der Waals surface area contributed by atoms with E-state index in [0.29, 0.717) is 52.2 Å². The monoisotopic (exact) mass is 858 g/mol. The van der Waals surface area contributed by atoms with Gasteiger partial charge < -0.3 is 23.8 Å². The maximum atomic E-state index is 6.47. The van der Waals surface area contributed by atoms with Gasteiger partial charge in [-0.05, 0) is 103 Å². The van der Waals surface area contributed by atoms with E-state index in [1.807, 2.05) is 138 Å². The summed E-state index contributed by atoms with van der Waals surface area (Å²) in [7, 11) is 0. The fourth-order valence-corrected chi connectivity index (χ4v) is 7.84. The molecule has 11 aromatic rings. The Bertz CT molecular complexity index is 3230. The minimum Gasteiger partial charge on any atom is -0.457 e. The fraction of sp³-hybridized carbons (Fsp3) is 0. The van der Waals surface area contributed by atoms with E-state index in [1.165, 1.54) is 0 Å². The first-order valence-corrected chi connectivity index (χ1v) is 21.3. The lowest BCUT2D eigenvalue weighted by atomic mass is 10.1. The Hall–Kier alpha value is -9.28. The van der Waals surface area contributed by atoms with E-state index >= 15 is 0 Å². The molecule has 0 aliphatic carbocycles. The second-order valence-electron chi connectivity index (χ2n) is 15.2. The van der Waals surface area contributed by atoms with Gasteiger partial charge in [-0.15, -0.1) is 0 Å². The van der Waals surface area contributed by atoms with Gasteiger partial charge >= 0.3 is 0 Å². The third-order valence-electron chi connectivity index (χ3n) is 10.8. The predicted octanol–water partition coefficient (Wildman–Crippen LogP) is 14.7. The first kappa shape index (κ1) is 39.6. The Morgan fingerprint density at radius 2 is 0.773 bits per heavy atom. The number of fused-ring (bicyclic) bond motifs is 3. The van der Waals surface area contributed by atoms with Gasteiger partial charge in [0.1, 0.15) is 34.5 Å². The molecule has 0 spiro atoms. The molecule has 10 nitrogen and oxygen atoms in total. The van der Waals surface area contributed by atoms with Crippen molar-refractivity contribution in [1.29, 1.82) is 0 Å². The lowest BCUT2D eigenvalue weighted by molar-refractivity contribution is 0.448. The van der Waals surface area contributed by atoms with Crippen molar-refractivity contribution in [3.05, 3.63) is 231 Å². The number of anilines is 3. The summed E-state index contributed by atoms with van der Waals surface area (Å²) in [6.07, 6.45) is 7.11. The van der Waals surface area contributed by atoms with Crippen molar-refractivity contribution in [3.8, 4) is 63.3 Å². The zero-order valence-electron chi connectivity index (χ0n) is 35.3. The van der Waals surface area contributed by atoms with Gasteiger partial charge in [0.2, 0.25) is 17.7 Å². The topological polar surface area (TPSA) is 96.7 Å². The molecule has 7 aromatic carbocycles. The van der Waals surface area contributed by atoms with Gasteiger partial charge in [-0.2, -0.15) is 0 Å². The molecule has 0 atom stereocenters. The molecule has 0 aliphatic rings. The normalized spacial score (nSPS) is 11.0. The molecule has 66 heavy (non-hydrogen) atoms. The van der Waals surface area contributed by atoms with Crippen LogP contribution in [0.4, 0.5) is 17.1 Å². The summed E-state index contributed by atoms with van der Waals surface area (Å²) in [5.41, 5.74) is 6.76. The number of ether oxygens (including phenoxy) is 4. The largest absolute Gasteiger partial charge is 0.457 e. The van der Waals surface area contributed by atoms with Crippen molar-refractivity contribution < 1.29 is 18.9 Å². The van der Waals surface area contributed by atoms with Crippen LogP contribution >= 0.6 is 0 Å². The minimum absolute atomic E-state index is 0.487. The smallest absolute Gasteiger partial charge is 0.234 e. The molecule has 0 unspecified atom stereocenters. The van der Waals surface area contributed by atoms with Crippen LogP contribution in [0, 0.1) is 0 Å². The summed E-state index contributed by atoms with van der Waals surface area (Å²) in [5.74, 6) is 5.16. The average molecular weight is 859 g/mol. The Morgan fingerprint density at radius 3 is 1.24 bits per heavy atom. The number of pyridine rings is 2. The lowest BCUT2D eigenvalue weighted by Gasteiger charge is -2.25. The highest BCUT2D eigenvalue weighted by molar-refractivity contribution is 6.09. The molecule has 0 aliphatic heterocycles. The molecule has 316 valence electrons. The van der Waals surface area contributed by atoms with Crippen LogP contribution in [0.1, 0.15) is 0 Å². The summed E-state index contributed by atoms with van der Waals surface area (Å²) >= 11 is 0. The number of rotatable bonds is 13. The van der Waals surface area contributed by atoms with Gasteiger partial charge in [-0.1, -0.05) is 72.8 Å². The van der Waals surface area contributed by atoms with E-state index < -0.39 is 0 Å². The van der Waals surface area contributed by atoms with Crippen molar-refractivity contribution in [3.63, 3.8) is 0 Å². The summed E-state index contributed by atoms with van der Waals surface area (Å²) in [6.45, 7) is 0. The first-order chi connectivity index (χ1) is 32.7. The van der Waals surface area contributed by atoms with Gasteiger partial charge in [0.15, 0.2) is 0 Å². The van der Waals surface area contributed by atoms with Gasteiger partial charge in [-0.25, -0.2) is 19.9 Å². The zero-order valence-corrected chi connectivity index (χ0v) is 35.3. The number of hydrogen-bond acceptors (Lipinski definition) is 9. The van der Waals surface area contributed by atoms with Crippen LogP contribution in [0.5, 0.6) is 46.3 Å². The van der Waals surface area contributed by atoms with Crippen molar-refractivity contribution in [2.75, 3.05) is 4.90 Å². The Labute approximate surface area is 380 Å². The molecule has 0 bridgehead atoms. The maximum absolute atomic E-state index is 6.47. The Morgan fingerprint density at radius 1 is 0.333 bits per heavy atom. The van der Waals surface area contributed by atoms with Crippen LogP contribution in [0.15, 0.2) is 231 Å². The van der Waals surface area contributed by atoms with E-state index in [0.717, 1.165) is 50.0 Å². The SMILES string of the molecule is c1ccc(N(c2ccccc2)c2ccc(-c3cnc(-n4c5cc(Oc6cccc(Oc7ccccn7)c6)ccc5c5ccc(Oc6cccc(Oc7ccccn7)c6)cc54)nc3)cc2)cc1. The third-order valence-corrected chi connectivity index (χ3v) is 10.8. The van der Waals surface area contributed by atoms with Crippen molar-refractivity contribution in [2.24, 2.45) is 0 Å². The average Bonchev–Trinajstić information content (AvgIpc) is 3.68. The molecule has 4 aromatic heterocycles. The highest BCUT2D eigenvalue weighted by Gasteiger charge is 2.18. The van der Waals surface area contributed by atoms with Crippen molar-refractivity contribution in [1.82, 2.24) is 24.5 Å². The molecular weight excluding hydrogens is 821 g/mol. The molecule has 0 fully saturated rings. The third kappa shape index (κ3) is 8.45. The van der Waals surface area contributed by atoms with E-state index in [-0.39, 0.29) is 0 Å². The van der Waals surface area contributed by atoms with Crippen molar-refractivity contribution in [2.45, 2.75) is 0 Å². The number of aromatic nitrogens is 5.